The Bertz CT molecular complexity index is 1080. The van der Waals surface area contributed by atoms with E-state index in [1.807, 2.05) is 35.2 Å². The molecule has 1 aliphatic heterocycles. The summed E-state index contributed by atoms with van der Waals surface area (Å²) in [5.41, 5.74) is 1.76. The van der Waals surface area contributed by atoms with Crippen molar-refractivity contribution < 1.29 is 19.1 Å². The van der Waals surface area contributed by atoms with Crippen molar-refractivity contribution in [2.75, 3.05) is 20.2 Å². The zero-order valence-corrected chi connectivity index (χ0v) is 20.5. The smallest absolute Gasteiger partial charge is 0.339 e. The number of nitrogens with zero attached hydrogens (tertiary/aromatic N) is 2. The van der Waals surface area contributed by atoms with Gasteiger partial charge in [0.05, 0.1) is 11.1 Å². The number of carbonyl (C=O) groups is 3. The largest absolute Gasteiger partial charge is 0.452 e. The Hall–Kier alpha value is -3.15. The zero-order valence-electron chi connectivity index (χ0n) is 20.5. The topological polar surface area (TPSA) is 66.9 Å². The van der Waals surface area contributed by atoms with Crippen molar-refractivity contribution in [3.8, 4) is 0 Å². The van der Waals surface area contributed by atoms with Crippen LogP contribution in [-0.2, 0) is 16.1 Å². The van der Waals surface area contributed by atoms with Gasteiger partial charge in [0.2, 0.25) is 0 Å². The summed E-state index contributed by atoms with van der Waals surface area (Å²) in [4.78, 5) is 42.4. The molecule has 2 aromatic rings. The number of carbonyl (C=O) groups excluding carboxylic acids is 3. The Morgan fingerprint density at radius 1 is 0.971 bits per heavy atom. The maximum absolute atomic E-state index is 13.1. The van der Waals surface area contributed by atoms with Gasteiger partial charge in [0.1, 0.15) is 0 Å². The van der Waals surface area contributed by atoms with E-state index in [9.17, 15) is 14.4 Å². The second kappa shape index (κ2) is 9.24. The van der Waals surface area contributed by atoms with E-state index < -0.39 is 5.97 Å². The Balaban J connectivity index is 1.40. The molecule has 1 heterocycles. The summed E-state index contributed by atoms with van der Waals surface area (Å²) in [6, 6.07) is 16.5. The highest BCUT2D eigenvalue weighted by atomic mass is 16.5. The first-order valence-corrected chi connectivity index (χ1v) is 11.9. The lowest BCUT2D eigenvalue weighted by atomic mass is 9.65. The molecule has 6 heteroatoms. The molecular weight excluding hydrogens is 428 g/mol. The quantitative estimate of drug-likeness (QED) is 0.591. The van der Waals surface area contributed by atoms with E-state index in [2.05, 4.69) is 20.8 Å². The van der Waals surface area contributed by atoms with Gasteiger partial charge in [-0.15, -0.1) is 0 Å². The highest BCUT2D eigenvalue weighted by Crippen LogP contribution is 2.52. The standard InChI is InChI=1S/C28H34N2O4/c1-27(2)14-21-15-28(3,18-27)19-30(21)24(31)17-34-26(33)23-13-9-8-12-22(23)25(32)29(4)16-20-10-6-5-7-11-20/h5-13,21H,14-19H2,1-4H3. The predicted molar refractivity (Wildman–Crippen MR) is 130 cm³/mol. The zero-order chi connectivity index (χ0) is 24.5. The Morgan fingerprint density at radius 2 is 1.62 bits per heavy atom. The normalized spacial score (nSPS) is 22.8. The molecule has 0 aromatic heterocycles. The molecule has 2 aromatic carbocycles. The number of benzene rings is 2. The van der Waals surface area contributed by atoms with Crippen LogP contribution in [0.5, 0.6) is 0 Å². The molecule has 2 amide bonds. The number of hydrogen-bond acceptors (Lipinski definition) is 4. The van der Waals surface area contributed by atoms with E-state index in [1.54, 1.807) is 36.2 Å². The Kier molecular flexibility index (Phi) is 6.52. The third-order valence-electron chi connectivity index (χ3n) is 7.05. The van der Waals surface area contributed by atoms with Crippen LogP contribution in [0.3, 0.4) is 0 Å². The molecule has 34 heavy (non-hydrogen) atoms. The molecule has 2 atom stereocenters. The van der Waals surface area contributed by atoms with Crippen LogP contribution in [0.4, 0.5) is 0 Å². The molecule has 0 spiro atoms. The molecular formula is C28H34N2O4. The first-order valence-electron chi connectivity index (χ1n) is 11.9. The molecule has 6 nitrogen and oxygen atoms in total. The fraction of sp³-hybridized carbons (Fsp3) is 0.464. The van der Waals surface area contributed by atoms with Gasteiger partial charge >= 0.3 is 5.97 Å². The van der Waals surface area contributed by atoms with E-state index >= 15 is 0 Å². The number of hydrogen-bond donors (Lipinski definition) is 0. The lowest BCUT2D eigenvalue weighted by Crippen LogP contribution is -2.40. The second-order valence-corrected chi connectivity index (χ2v) is 11.0. The van der Waals surface area contributed by atoms with Crippen LogP contribution >= 0.6 is 0 Å². The maximum Gasteiger partial charge on any atom is 0.339 e. The molecule has 2 aliphatic rings. The fourth-order valence-corrected chi connectivity index (χ4v) is 6.02. The van der Waals surface area contributed by atoms with Crippen LogP contribution in [0.2, 0.25) is 0 Å². The second-order valence-electron chi connectivity index (χ2n) is 11.0. The lowest BCUT2D eigenvalue weighted by Gasteiger charge is -2.39. The van der Waals surface area contributed by atoms with Crippen molar-refractivity contribution in [1.29, 1.82) is 0 Å². The maximum atomic E-state index is 13.1. The van der Waals surface area contributed by atoms with Crippen molar-refractivity contribution in [1.82, 2.24) is 9.80 Å². The minimum Gasteiger partial charge on any atom is -0.452 e. The molecule has 180 valence electrons. The van der Waals surface area contributed by atoms with Gasteiger partial charge in [0.25, 0.3) is 11.8 Å². The average molecular weight is 463 g/mol. The molecule has 2 bridgehead atoms. The highest BCUT2D eigenvalue weighted by molar-refractivity contribution is 6.05. The Labute approximate surface area is 201 Å². The van der Waals surface area contributed by atoms with Gasteiger partial charge in [-0.05, 0) is 47.8 Å². The number of likely N-dealkylation sites (tertiary alicyclic amines) is 1. The van der Waals surface area contributed by atoms with E-state index in [0.29, 0.717) is 13.1 Å². The molecule has 1 saturated heterocycles. The van der Waals surface area contributed by atoms with Crippen LogP contribution < -0.4 is 0 Å². The molecule has 4 rings (SSSR count). The monoisotopic (exact) mass is 462 g/mol. The van der Waals surface area contributed by atoms with Gasteiger partial charge in [-0.2, -0.15) is 0 Å². The molecule has 2 fully saturated rings. The van der Waals surface area contributed by atoms with Crippen molar-refractivity contribution in [3.63, 3.8) is 0 Å². The van der Waals surface area contributed by atoms with Gasteiger partial charge in [0.15, 0.2) is 6.61 Å². The minimum absolute atomic E-state index is 0.119. The van der Waals surface area contributed by atoms with Gasteiger partial charge in [-0.1, -0.05) is 63.2 Å². The molecule has 2 unspecified atom stereocenters. The summed E-state index contributed by atoms with van der Waals surface area (Å²) in [6.07, 6.45) is 3.06. The van der Waals surface area contributed by atoms with Gasteiger partial charge < -0.3 is 14.5 Å². The predicted octanol–water partition coefficient (Wildman–Crippen LogP) is 4.54. The van der Waals surface area contributed by atoms with Crippen LogP contribution in [0.25, 0.3) is 0 Å². The first-order chi connectivity index (χ1) is 16.1. The van der Waals surface area contributed by atoms with Crippen molar-refractivity contribution in [2.45, 2.75) is 52.6 Å². The van der Waals surface area contributed by atoms with Crippen LogP contribution in [0, 0.1) is 10.8 Å². The van der Waals surface area contributed by atoms with Crippen LogP contribution in [0.15, 0.2) is 54.6 Å². The summed E-state index contributed by atoms with van der Waals surface area (Å²) in [6.45, 7) is 7.58. The lowest BCUT2D eigenvalue weighted by molar-refractivity contribution is -0.135. The van der Waals surface area contributed by atoms with E-state index in [0.717, 1.165) is 24.8 Å². The third kappa shape index (κ3) is 5.16. The summed E-state index contributed by atoms with van der Waals surface area (Å²) in [5, 5.41) is 0. The average Bonchev–Trinajstić information content (AvgIpc) is 3.05. The number of ether oxygens (including phenoxy) is 1. The van der Waals surface area contributed by atoms with Crippen molar-refractivity contribution >= 4 is 17.8 Å². The number of amides is 2. The number of esters is 1. The first kappa shape index (κ1) is 24.0. The molecule has 1 saturated carbocycles. The van der Waals surface area contributed by atoms with Crippen molar-refractivity contribution in [2.24, 2.45) is 10.8 Å². The summed E-state index contributed by atoms with van der Waals surface area (Å²) < 4.78 is 5.42. The van der Waals surface area contributed by atoms with E-state index in [4.69, 9.17) is 4.74 Å². The van der Waals surface area contributed by atoms with Gasteiger partial charge in [-0.25, -0.2) is 4.79 Å². The summed E-state index contributed by atoms with van der Waals surface area (Å²) in [7, 11) is 1.70. The van der Waals surface area contributed by atoms with Crippen molar-refractivity contribution in [3.05, 3.63) is 71.3 Å². The summed E-state index contributed by atoms with van der Waals surface area (Å²) in [5.74, 6) is -1.09. The molecule has 1 aliphatic carbocycles. The Morgan fingerprint density at radius 3 is 2.32 bits per heavy atom. The summed E-state index contributed by atoms with van der Waals surface area (Å²) >= 11 is 0. The third-order valence-corrected chi connectivity index (χ3v) is 7.05. The van der Waals surface area contributed by atoms with E-state index in [1.165, 1.54) is 0 Å². The van der Waals surface area contributed by atoms with Crippen LogP contribution in [-0.4, -0.2) is 53.8 Å². The fourth-order valence-electron chi connectivity index (χ4n) is 6.02. The highest BCUT2D eigenvalue weighted by Gasteiger charge is 2.50. The van der Waals surface area contributed by atoms with Gasteiger partial charge in [0, 0.05) is 26.2 Å². The number of fused-ring (bicyclic) bond motifs is 2. The molecule has 0 radical (unpaired) electrons. The minimum atomic E-state index is -0.654. The SMILES string of the molecule is CN(Cc1ccccc1)C(=O)c1ccccc1C(=O)OCC(=O)N1CC2(C)CC1CC(C)(C)C2. The number of rotatable bonds is 6. The van der Waals surface area contributed by atoms with E-state index in [-0.39, 0.29) is 46.4 Å². The van der Waals surface area contributed by atoms with Crippen LogP contribution in [0.1, 0.15) is 66.3 Å². The van der Waals surface area contributed by atoms with Gasteiger partial charge in [-0.3, -0.25) is 9.59 Å². The molecule has 0 N–H and O–H groups in total.